The topological polar surface area (TPSA) is 86.8 Å². The second-order valence-electron chi connectivity index (χ2n) is 8.00. The molecule has 0 saturated carbocycles. The van der Waals surface area contributed by atoms with Gasteiger partial charge in [-0.15, -0.1) is 0 Å². The molecule has 192 valence electrons. The van der Waals surface area contributed by atoms with E-state index in [0.717, 1.165) is 10.6 Å². The van der Waals surface area contributed by atoms with Gasteiger partial charge in [-0.05, 0) is 55.7 Å². The van der Waals surface area contributed by atoms with Gasteiger partial charge in [-0.25, -0.2) is 12.8 Å². The van der Waals surface area contributed by atoms with Gasteiger partial charge in [0, 0.05) is 31.1 Å². The highest BCUT2D eigenvalue weighted by Crippen LogP contribution is 2.31. The number of halogens is 3. The Kier molecular flexibility index (Phi) is 10.8. The summed E-state index contributed by atoms with van der Waals surface area (Å²) in [5.74, 6) is -1.00. The molecule has 2 aromatic rings. The molecule has 0 aliphatic carbocycles. The molecule has 1 atom stereocenters. The first-order valence-electron chi connectivity index (χ1n) is 11.2. The van der Waals surface area contributed by atoms with Crippen molar-refractivity contribution in [2.75, 3.05) is 23.7 Å². The van der Waals surface area contributed by atoms with Crippen LogP contribution in [0.2, 0.25) is 10.0 Å². The Morgan fingerprint density at radius 2 is 1.74 bits per heavy atom. The highest BCUT2D eigenvalue weighted by molar-refractivity contribution is 7.92. The van der Waals surface area contributed by atoms with Gasteiger partial charge in [0.15, 0.2) is 0 Å². The summed E-state index contributed by atoms with van der Waals surface area (Å²) in [5.41, 5.74) is 0.900. The SMILES string of the molecule is CCNC(=O)[C@H](CC)N(Cc1ccc(F)cc1)C(=O)CCCN(c1cc(Cl)ccc1Cl)S(C)(=O)=O. The summed E-state index contributed by atoms with van der Waals surface area (Å²) in [5, 5.41) is 3.29. The third-order valence-electron chi connectivity index (χ3n) is 5.33. The van der Waals surface area contributed by atoms with E-state index < -0.39 is 21.9 Å². The Morgan fingerprint density at radius 1 is 1.09 bits per heavy atom. The van der Waals surface area contributed by atoms with Crippen molar-refractivity contribution in [2.24, 2.45) is 0 Å². The van der Waals surface area contributed by atoms with Crippen molar-refractivity contribution in [3.8, 4) is 0 Å². The minimum atomic E-state index is -3.70. The number of anilines is 1. The van der Waals surface area contributed by atoms with E-state index >= 15 is 0 Å². The molecule has 0 aromatic heterocycles. The molecule has 0 heterocycles. The largest absolute Gasteiger partial charge is 0.355 e. The van der Waals surface area contributed by atoms with E-state index in [0.29, 0.717) is 23.6 Å². The van der Waals surface area contributed by atoms with Crippen LogP contribution < -0.4 is 9.62 Å². The summed E-state index contributed by atoms with van der Waals surface area (Å²) >= 11 is 12.2. The molecule has 11 heteroatoms. The zero-order valence-electron chi connectivity index (χ0n) is 19.9. The van der Waals surface area contributed by atoms with E-state index in [1.165, 1.54) is 29.2 Å². The minimum absolute atomic E-state index is 0.00697. The molecule has 2 rings (SSSR count). The van der Waals surface area contributed by atoms with Gasteiger partial charge in [-0.1, -0.05) is 42.3 Å². The van der Waals surface area contributed by atoms with Crippen molar-refractivity contribution in [1.82, 2.24) is 10.2 Å². The first-order valence-corrected chi connectivity index (χ1v) is 13.8. The quantitative estimate of drug-likeness (QED) is 0.421. The van der Waals surface area contributed by atoms with Crippen LogP contribution in [0, 0.1) is 5.82 Å². The van der Waals surface area contributed by atoms with Crippen LogP contribution in [-0.4, -0.2) is 50.5 Å². The lowest BCUT2D eigenvalue weighted by Gasteiger charge is -2.31. The molecule has 0 unspecified atom stereocenters. The summed E-state index contributed by atoms with van der Waals surface area (Å²) in [4.78, 5) is 27.4. The second-order valence-corrected chi connectivity index (χ2v) is 10.8. The summed E-state index contributed by atoms with van der Waals surface area (Å²) in [6, 6.07) is 9.51. The lowest BCUT2D eigenvalue weighted by molar-refractivity contribution is -0.141. The van der Waals surface area contributed by atoms with Crippen LogP contribution in [0.4, 0.5) is 10.1 Å². The van der Waals surface area contributed by atoms with Crippen LogP contribution in [0.1, 0.15) is 38.7 Å². The van der Waals surface area contributed by atoms with Crippen molar-refractivity contribution in [3.63, 3.8) is 0 Å². The Balaban J connectivity index is 2.23. The summed E-state index contributed by atoms with van der Waals surface area (Å²) < 4.78 is 39.3. The van der Waals surface area contributed by atoms with Crippen molar-refractivity contribution >= 4 is 50.7 Å². The summed E-state index contributed by atoms with van der Waals surface area (Å²) in [6.07, 6.45) is 1.60. The van der Waals surface area contributed by atoms with Gasteiger partial charge in [0.05, 0.1) is 17.0 Å². The molecule has 0 spiro atoms. The Labute approximate surface area is 216 Å². The number of rotatable bonds is 12. The van der Waals surface area contributed by atoms with Crippen LogP contribution in [-0.2, 0) is 26.2 Å². The second kappa shape index (κ2) is 13.1. The molecule has 0 saturated heterocycles. The van der Waals surface area contributed by atoms with E-state index in [1.807, 2.05) is 0 Å². The first-order chi connectivity index (χ1) is 16.5. The number of hydrogen-bond acceptors (Lipinski definition) is 4. The van der Waals surface area contributed by atoms with Crippen LogP contribution in [0.25, 0.3) is 0 Å². The monoisotopic (exact) mass is 545 g/mol. The summed E-state index contributed by atoms with van der Waals surface area (Å²) in [6.45, 7) is 4.12. The smallest absolute Gasteiger partial charge is 0.242 e. The first kappa shape index (κ1) is 28.9. The molecule has 2 aromatic carbocycles. The fourth-order valence-corrected chi connectivity index (χ4v) is 5.06. The third kappa shape index (κ3) is 8.37. The highest BCUT2D eigenvalue weighted by Gasteiger charge is 2.28. The fourth-order valence-electron chi connectivity index (χ4n) is 3.66. The molecule has 0 aliphatic heterocycles. The molecular formula is C24H30Cl2FN3O4S. The Hall–Kier alpha value is -2.36. The molecule has 0 fully saturated rings. The predicted octanol–water partition coefficient (Wildman–Crippen LogP) is 4.62. The van der Waals surface area contributed by atoms with Gasteiger partial charge in [-0.3, -0.25) is 13.9 Å². The van der Waals surface area contributed by atoms with E-state index in [9.17, 15) is 22.4 Å². The lowest BCUT2D eigenvalue weighted by Crippen LogP contribution is -2.49. The van der Waals surface area contributed by atoms with E-state index in [4.69, 9.17) is 23.2 Å². The van der Waals surface area contributed by atoms with Gasteiger partial charge >= 0.3 is 0 Å². The number of nitrogens with zero attached hydrogens (tertiary/aromatic N) is 2. The van der Waals surface area contributed by atoms with Gasteiger partial charge in [0.2, 0.25) is 21.8 Å². The van der Waals surface area contributed by atoms with Gasteiger partial charge in [0.25, 0.3) is 0 Å². The zero-order valence-corrected chi connectivity index (χ0v) is 22.3. The number of amides is 2. The highest BCUT2D eigenvalue weighted by atomic mass is 35.5. The Bertz CT molecular complexity index is 1130. The molecule has 1 N–H and O–H groups in total. The number of nitrogens with one attached hydrogen (secondary N) is 1. The van der Waals surface area contributed by atoms with Crippen LogP contribution in [0.15, 0.2) is 42.5 Å². The normalized spacial score (nSPS) is 12.2. The maximum atomic E-state index is 13.4. The van der Waals surface area contributed by atoms with Gasteiger partial charge < -0.3 is 10.2 Å². The van der Waals surface area contributed by atoms with Crippen molar-refractivity contribution in [2.45, 2.75) is 45.7 Å². The lowest BCUT2D eigenvalue weighted by atomic mass is 10.1. The number of sulfonamides is 1. The minimum Gasteiger partial charge on any atom is -0.355 e. The zero-order chi connectivity index (χ0) is 26.2. The maximum Gasteiger partial charge on any atom is 0.242 e. The van der Waals surface area contributed by atoms with Crippen LogP contribution >= 0.6 is 23.2 Å². The maximum absolute atomic E-state index is 13.4. The number of hydrogen-bond donors (Lipinski definition) is 1. The predicted molar refractivity (Wildman–Crippen MR) is 138 cm³/mol. The van der Waals surface area contributed by atoms with Crippen LogP contribution in [0.3, 0.4) is 0 Å². The number of likely N-dealkylation sites (N-methyl/N-ethyl adjacent to an activating group) is 1. The molecular weight excluding hydrogens is 516 g/mol. The molecule has 0 radical (unpaired) electrons. The number of carbonyl (C=O) groups is 2. The standard InChI is InChI=1S/C24H30Cl2FN3O4S/c1-4-21(24(32)28-5-2)29(16-17-8-11-19(27)12-9-17)23(31)7-6-14-30(35(3,33)34)22-15-18(25)10-13-20(22)26/h8-13,15,21H,4-7,14,16H2,1-3H3,(H,28,32)/t21-/m0/s1. The van der Waals surface area contributed by atoms with E-state index in [-0.39, 0.29) is 48.5 Å². The van der Waals surface area contributed by atoms with Gasteiger partial charge in [-0.2, -0.15) is 0 Å². The molecule has 0 aliphatic rings. The average Bonchev–Trinajstić information content (AvgIpc) is 2.79. The number of benzene rings is 2. The van der Waals surface area contributed by atoms with E-state index in [2.05, 4.69) is 5.32 Å². The molecule has 0 bridgehead atoms. The van der Waals surface area contributed by atoms with Crippen molar-refractivity contribution in [3.05, 3.63) is 63.9 Å². The molecule has 7 nitrogen and oxygen atoms in total. The van der Waals surface area contributed by atoms with Gasteiger partial charge in [0.1, 0.15) is 11.9 Å². The van der Waals surface area contributed by atoms with Crippen molar-refractivity contribution < 1.29 is 22.4 Å². The molecule has 2 amide bonds. The van der Waals surface area contributed by atoms with Crippen LogP contribution in [0.5, 0.6) is 0 Å². The Morgan fingerprint density at radius 3 is 2.31 bits per heavy atom. The summed E-state index contributed by atoms with van der Waals surface area (Å²) in [7, 11) is -3.70. The average molecular weight is 546 g/mol. The third-order valence-corrected chi connectivity index (χ3v) is 7.07. The fraction of sp³-hybridized carbons (Fsp3) is 0.417. The molecule has 35 heavy (non-hydrogen) atoms. The number of carbonyl (C=O) groups excluding carboxylic acids is 2. The van der Waals surface area contributed by atoms with Crippen molar-refractivity contribution in [1.29, 1.82) is 0 Å². The van der Waals surface area contributed by atoms with E-state index in [1.54, 1.807) is 32.0 Å².